The molecule has 0 bridgehead atoms. The van der Waals surface area contributed by atoms with Gasteiger partial charge in [-0.25, -0.2) is 0 Å². The average Bonchev–Trinajstić information content (AvgIpc) is 3.40. The first-order chi connectivity index (χ1) is 19.5. The number of carbonyl (C=O) groups is 1. The zero-order valence-electron chi connectivity index (χ0n) is 21.8. The summed E-state index contributed by atoms with van der Waals surface area (Å²) < 4.78 is 28.0. The topological polar surface area (TPSA) is 115 Å². The number of amidine groups is 2. The minimum Gasteiger partial charge on any atom is -0.497 e. The Hall–Kier alpha value is -4.77. The largest absolute Gasteiger partial charge is 0.497 e. The van der Waals surface area contributed by atoms with Crippen LogP contribution in [0.3, 0.4) is 0 Å². The van der Waals surface area contributed by atoms with E-state index in [1.165, 1.54) is 23.9 Å². The maximum absolute atomic E-state index is 12.8. The van der Waals surface area contributed by atoms with Gasteiger partial charge in [-0.3, -0.25) is 10.2 Å². The van der Waals surface area contributed by atoms with E-state index in [-0.39, 0.29) is 24.6 Å². The average molecular weight is 559 g/mol. The molecule has 204 valence electrons. The number of hydrogen-bond acceptors (Lipinski definition) is 9. The van der Waals surface area contributed by atoms with Crippen LogP contribution in [-0.2, 0) is 4.79 Å². The SMILES string of the molecule is COc1cccc(OCCOc2ccc(C=C3C(=N)N4N=C(COc5ccccc5)SC4=NC3=O)cc2OC)c1. The Balaban J connectivity index is 1.22. The fraction of sp³-hybridized carbons (Fsp3) is 0.172. The van der Waals surface area contributed by atoms with Gasteiger partial charge in [-0.15, -0.1) is 0 Å². The third kappa shape index (κ3) is 6.26. The second-order valence-corrected chi connectivity index (χ2v) is 9.44. The molecular weight excluding hydrogens is 532 g/mol. The number of nitrogens with zero attached hydrogens (tertiary/aromatic N) is 3. The number of hydrazone groups is 1. The Morgan fingerprint density at radius 2 is 1.62 bits per heavy atom. The smallest absolute Gasteiger partial charge is 0.283 e. The number of fused-ring (bicyclic) bond motifs is 1. The lowest BCUT2D eigenvalue weighted by molar-refractivity contribution is -0.114. The highest BCUT2D eigenvalue weighted by atomic mass is 32.2. The Bertz CT molecular complexity index is 1510. The van der Waals surface area contributed by atoms with Gasteiger partial charge in [0.2, 0.25) is 5.17 Å². The molecule has 0 atom stereocenters. The first-order valence-corrected chi connectivity index (χ1v) is 13.1. The molecule has 1 N–H and O–H groups in total. The molecule has 5 rings (SSSR count). The van der Waals surface area contributed by atoms with Crippen LogP contribution in [0.2, 0.25) is 0 Å². The number of aliphatic imine (C=N–C) groups is 1. The van der Waals surface area contributed by atoms with Gasteiger partial charge in [-0.1, -0.05) is 30.3 Å². The molecule has 0 unspecified atom stereocenters. The van der Waals surface area contributed by atoms with Crippen molar-refractivity contribution in [2.75, 3.05) is 34.0 Å². The van der Waals surface area contributed by atoms with Crippen LogP contribution in [0.25, 0.3) is 6.08 Å². The molecule has 1 amide bonds. The second kappa shape index (κ2) is 12.4. The highest BCUT2D eigenvalue weighted by molar-refractivity contribution is 8.27. The van der Waals surface area contributed by atoms with E-state index in [0.29, 0.717) is 51.1 Å². The molecule has 0 saturated carbocycles. The third-order valence-corrected chi connectivity index (χ3v) is 6.63. The molecule has 10 nitrogen and oxygen atoms in total. The zero-order chi connectivity index (χ0) is 27.9. The van der Waals surface area contributed by atoms with Gasteiger partial charge in [0.15, 0.2) is 17.3 Å². The summed E-state index contributed by atoms with van der Waals surface area (Å²) in [7, 11) is 3.13. The van der Waals surface area contributed by atoms with E-state index in [2.05, 4.69) is 10.1 Å². The van der Waals surface area contributed by atoms with Crippen molar-refractivity contribution in [3.05, 3.63) is 83.9 Å². The summed E-state index contributed by atoms with van der Waals surface area (Å²) in [5.41, 5.74) is 0.757. The molecule has 0 aromatic heterocycles. The van der Waals surface area contributed by atoms with Gasteiger partial charge in [-0.05, 0) is 59.8 Å². The van der Waals surface area contributed by atoms with Gasteiger partial charge in [0.25, 0.3) is 5.91 Å². The van der Waals surface area contributed by atoms with Crippen molar-refractivity contribution >= 4 is 39.8 Å². The van der Waals surface area contributed by atoms with Crippen molar-refractivity contribution < 1.29 is 28.5 Å². The number of rotatable bonds is 11. The van der Waals surface area contributed by atoms with Crippen LogP contribution in [0.15, 0.2) is 88.5 Å². The van der Waals surface area contributed by atoms with Crippen molar-refractivity contribution in [3.8, 4) is 28.7 Å². The van der Waals surface area contributed by atoms with Gasteiger partial charge in [0.05, 0.1) is 19.8 Å². The summed E-state index contributed by atoms with van der Waals surface area (Å²) >= 11 is 1.21. The predicted octanol–water partition coefficient (Wildman–Crippen LogP) is 4.86. The molecule has 0 saturated heterocycles. The van der Waals surface area contributed by atoms with Gasteiger partial charge in [0, 0.05) is 6.07 Å². The van der Waals surface area contributed by atoms with Crippen LogP contribution in [0.1, 0.15) is 5.56 Å². The number of nitrogens with one attached hydrogen (secondary N) is 1. The second-order valence-electron chi connectivity index (χ2n) is 8.40. The monoisotopic (exact) mass is 558 g/mol. The molecule has 2 aliphatic heterocycles. The number of ether oxygens (including phenoxy) is 5. The molecule has 0 radical (unpaired) electrons. The van der Waals surface area contributed by atoms with Crippen molar-refractivity contribution in [1.29, 1.82) is 5.41 Å². The molecule has 2 aliphatic rings. The Morgan fingerprint density at radius 1 is 0.850 bits per heavy atom. The maximum Gasteiger partial charge on any atom is 0.283 e. The van der Waals surface area contributed by atoms with E-state index in [0.717, 1.165) is 0 Å². The van der Waals surface area contributed by atoms with E-state index in [4.69, 9.17) is 29.1 Å². The number of carbonyl (C=O) groups excluding carboxylic acids is 1. The molecule has 3 aromatic carbocycles. The Kier molecular flexibility index (Phi) is 8.31. The van der Waals surface area contributed by atoms with E-state index < -0.39 is 5.91 Å². The maximum atomic E-state index is 12.8. The summed E-state index contributed by atoms with van der Waals surface area (Å²) in [5, 5.41) is 15.3. The fourth-order valence-corrected chi connectivity index (χ4v) is 4.61. The van der Waals surface area contributed by atoms with Crippen LogP contribution in [0.4, 0.5) is 0 Å². The van der Waals surface area contributed by atoms with Crippen molar-refractivity contribution in [2.45, 2.75) is 0 Å². The molecule has 11 heteroatoms. The van der Waals surface area contributed by atoms with Gasteiger partial charge >= 0.3 is 0 Å². The summed E-state index contributed by atoms with van der Waals surface area (Å²) in [4.78, 5) is 16.9. The normalized spacial score (nSPS) is 15.3. The van der Waals surface area contributed by atoms with Crippen molar-refractivity contribution in [3.63, 3.8) is 0 Å². The molecule has 3 aromatic rings. The summed E-state index contributed by atoms with van der Waals surface area (Å²) in [6.07, 6.45) is 1.59. The summed E-state index contributed by atoms with van der Waals surface area (Å²) in [6, 6.07) is 21.9. The summed E-state index contributed by atoms with van der Waals surface area (Å²) in [5.74, 6) is 2.51. The number of methoxy groups -OCH3 is 2. The number of para-hydroxylation sites is 1. The quantitative estimate of drug-likeness (QED) is 0.262. The Labute approximate surface area is 235 Å². The molecular formula is C29H26N4O6S. The van der Waals surface area contributed by atoms with Crippen LogP contribution in [0.5, 0.6) is 28.7 Å². The lowest BCUT2D eigenvalue weighted by Crippen LogP contribution is -2.35. The molecule has 0 aliphatic carbocycles. The molecule has 0 fully saturated rings. The lowest BCUT2D eigenvalue weighted by Gasteiger charge is -2.20. The minimum absolute atomic E-state index is 0.0637. The summed E-state index contributed by atoms with van der Waals surface area (Å²) in [6.45, 7) is 0.810. The van der Waals surface area contributed by atoms with Gasteiger partial charge < -0.3 is 23.7 Å². The van der Waals surface area contributed by atoms with E-state index in [1.54, 1.807) is 37.5 Å². The van der Waals surface area contributed by atoms with Crippen LogP contribution in [0, 0.1) is 5.41 Å². The molecule has 40 heavy (non-hydrogen) atoms. The highest BCUT2D eigenvalue weighted by Crippen LogP contribution is 2.32. The van der Waals surface area contributed by atoms with Crippen LogP contribution < -0.4 is 23.7 Å². The lowest BCUT2D eigenvalue weighted by atomic mass is 10.1. The Morgan fingerprint density at radius 3 is 2.42 bits per heavy atom. The first kappa shape index (κ1) is 26.8. The number of thioether (sulfide) groups is 1. The van der Waals surface area contributed by atoms with Crippen LogP contribution >= 0.6 is 11.8 Å². The fourth-order valence-electron chi connectivity index (χ4n) is 3.81. The van der Waals surface area contributed by atoms with Crippen LogP contribution in [-0.4, -0.2) is 61.0 Å². The molecule has 0 spiro atoms. The highest BCUT2D eigenvalue weighted by Gasteiger charge is 2.35. The number of benzene rings is 3. The van der Waals surface area contributed by atoms with E-state index >= 15 is 0 Å². The van der Waals surface area contributed by atoms with Gasteiger partial charge in [0.1, 0.15) is 42.1 Å². The zero-order valence-corrected chi connectivity index (χ0v) is 22.6. The third-order valence-electron chi connectivity index (χ3n) is 5.75. The molecule has 2 heterocycles. The van der Waals surface area contributed by atoms with E-state index in [9.17, 15) is 4.79 Å². The standard InChI is InChI=1S/C29H26N4O6S/c1-35-21-9-6-10-22(17-21)37-13-14-38-24-12-11-19(16-25(24)36-2)15-23-27(30)33-29(31-28(23)34)40-26(32-33)18-39-20-7-4-3-5-8-20/h3-12,15-17,30H,13-14,18H2,1-2H3. The minimum atomic E-state index is -0.516. The van der Waals surface area contributed by atoms with Gasteiger partial charge in [-0.2, -0.15) is 15.1 Å². The van der Waals surface area contributed by atoms with E-state index in [1.807, 2.05) is 48.5 Å². The van der Waals surface area contributed by atoms with Crippen molar-refractivity contribution in [1.82, 2.24) is 5.01 Å². The number of hydrogen-bond donors (Lipinski definition) is 1. The first-order valence-electron chi connectivity index (χ1n) is 12.3. The predicted molar refractivity (Wildman–Crippen MR) is 154 cm³/mol. The number of amides is 1. The van der Waals surface area contributed by atoms with Crippen molar-refractivity contribution in [2.24, 2.45) is 10.1 Å².